The normalized spacial score (nSPS) is 11.8. The Labute approximate surface area is 215 Å². The van der Waals surface area contributed by atoms with Gasteiger partial charge in [0.15, 0.2) is 0 Å². The number of rotatable bonds is 16. The van der Waals surface area contributed by atoms with E-state index in [0.29, 0.717) is 23.3 Å². The first-order valence-electron chi connectivity index (χ1n) is 13.5. The van der Waals surface area contributed by atoms with Crippen LogP contribution in [-0.4, -0.2) is 28.4 Å². The van der Waals surface area contributed by atoms with Crippen LogP contribution in [0.25, 0.3) is 22.4 Å². The Morgan fingerprint density at radius 2 is 1.31 bits per heavy atom. The lowest BCUT2D eigenvalue weighted by Gasteiger charge is -2.09. The molecule has 2 aromatic carbocycles. The Morgan fingerprint density at radius 1 is 0.778 bits per heavy atom. The van der Waals surface area contributed by atoms with Crippen LogP contribution >= 0.6 is 0 Å². The standard InChI is InChI=1S/C29H40N2O4S/c1-2-3-4-5-6-7-8-9-10-11-12-13-14-19-28(32)31-27-18-16-15-17-26(27)30-29(31)24-20-22-25(23-21-24)36(33,34)35/h15-18,20-23H,2-14,19H2,1H3,(H,33,34,35). The molecule has 1 N–H and O–H groups in total. The second-order valence-electron chi connectivity index (χ2n) is 9.65. The van der Waals surface area contributed by atoms with E-state index in [0.717, 1.165) is 24.8 Å². The molecule has 0 atom stereocenters. The summed E-state index contributed by atoms with van der Waals surface area (Å²) >= 11 is 0. The highest BCUT2D eigenvalue weighted by Gasteiger charge is 2.18. The molecule has 0 amide bonds. The van der Waals surface area contributed by atoms with Crippen molar-refractivity contribution >= 4 is 27.1 Å². The highest BCUT2D eigenvalue weighted by atomic mass is 32.2. The van der Waals surface area contributed by atoms with Crippen LogP contribution in [0.3, 0.4) is 0 Å². The maximum atomic E-state index is 13.2. The van der Waals surface area contributed by atoms with Gasteiger partial charge >= 0.3 is 0 Å². The summed E-state index contributed by atoms with van der Waals surface area (Å²) in [6, 6.07) is 13.3. The first-order valence-corrected chi connectivity index (χ1v) is 14.9. The molecule has 0 aliphatic rings. The molecule has 0 unspecified atom stereocenters. The van der Waals surface area contributed by atoms with Crippen LogP contribution in [0.1, 0.15) is 102 Å². The van der Waals surface area contributed by atoms with Crippen LogP contribution in [0, 0.1) is 0 Å². The van der Waals surface area contributed by atoms with E-state index in [4.69, 9.17) is 0 Å². The first kappa shape index (κ1) is 28.1. The monoisotopic (exact) mass is 512 g/mol. The number of hydrogen-bond acceptors (Lipinski definition) is 4. The molecule has 3 rings (SSSR count). The molecule has 6 nitrogen and oxygen atoms in total. The molecular weight excluding hydrogens is 472 g/mol. The molecule has 7 heteroatoms. The first-order chi connectivity index (χ1) is 17.4. The van der Waals surface area contributed by atoms with E-state index < -0.39 is 10.1 Å². The Balaban J connectivity index is 1.49. The van der Waals surface area contributed by atoms with Crippen molar-refractivity contribution in [2.24, 2.45) is 0 Å². The summed E-state index contributed by atoms with van der Waals surface area (Å²) in [6.45, 7) is 2.25. The number of nitrogens with zero attached hydrogens (tertiary/aromatic N) is 2. The van der Waals surface area contributed by atoms with Gasteiger partial charge in [-0.2, -0.15) is 8.42 Å². The highest BCUT2D eigenvalue weighted by molar-refractivity contribution is 7.85. The number of imidazole rings is 1. The molecule has 3 aromatic rings. The summed E-state index contributed by atoms with van der Waals surface area (Å²) in [6.07, 6.45) is 16.8. The van der Waals surface area contributed by atoms with Gasteiger partial charge in [-0.1, -0.05) is 96.1 Å². The van der Waals surface area contributed by atoms with Gasteiger partial charge in [0.05, 0.1) is 15.9 Å². The molecule has 36 heavy (non-hydrogen) atoms. The van der Waals surface area contributed by atoms with E-state index in [1.807, 2.05) is 24.3 Å². The second kappa shape index (κ2) is 14.3. The van der Waals surface area contributed by atoms with Gasteiger partial charge in [-0.05, 0) is 42.8 Å². The predicted molar refractivity (Wildman–Crippen MR) is 146 cm³/mol. The summed E-state index contributed by atoms with van der Waals surface area (Å²) in [5.74, 6) is 0.471. The van der Waals surface area contributed by atoms with E-state index in [1.165, 1.54) is 76.3 Å². The van der Waals surface area contributed by atoms with Gasteiger partial charge in [-0.3, -0.25) is 13.9 Å². The summed E-state index contributed by atoms with van der Waals surface area (Å²) in [5.41, 5.74) is 2.08. The van der Waals surface area contributed by atoms with Crippen LogP contribution in [0.2, 0.25) is 0 Å². The van der Waals surface area contributed by atoms with Gasteiger partial charge in [0, 0.05) is 12.0 Å². The van der Waals surface area contributed by atoms with Crippen LogP contribution in [0.5, 0.6) is 0 Å². The van der Waals surface area contributed by atoms with Crippen molar-refractivity contribution in [3.63, 3.8) is 0 Å². The third-order valence-corrected chi connectivity index (χ3v) is 7.58. The summed E-state index contributed by atoms with van der Waals surface area (Å²) in [7, 11) is -4.28. The number of hydrogen-bond donors (Lipinski definition) is 1. The molecule has 1 aromatic heterocycles. The molecule has 0 saturated carbocycles. The number of carbonyl (C=O) groups is 1. The lowest BCUT2D eigenvalue weighted by molar-refractivity contribution is 0.0905. The molecular formula is C29H40N2O4S. The van der Waals surface area contributed by atoms with Crippen LogP contribution in [0.4, 0.5) is 0 Å². The number of fused-ring (bicyclic) bond motifs is 1. The minimum Gasteiger partial charge on any atom is -0.282 e. The quantitative estimate of drug-likeness (QED) is 0.155. The van der Waals surface area contributed by atoms with Crippen molar-refractivity contribution in [2.75, 3.05) is 0 Å². The highest BCUT2D eigenvalue weighted by Crippen LogP contribution is 2.27. The van der Waals surface area contributed by atoms with Gasteiger partial charge in [0.25, 0.3) is 10.1 Å². The van der Waals surface area contributed by atoms with Crippen LogP contribution < -0.4 is 0 Å². The average molecular weight is 513 g/mol. The molecule has 196 valence electrons. The topological polar surface area (TPSA) is 89.3 Å². The Bertz CT molecular complexity index is 1200. The minimum atomic E-state index is -4.28. The number of carbonyl (C=O) groups excluding carboxylic acids is 1. The van der Waals surface area contributed by atoms with E-state index in [1.54, 1.807) is 16.7 Å². The van der Waals surface area contributed by atoms with Gasteiger partial charge < -0.3 is 0 Å². The van der Waals surface area contributed by atoms with E-state index in [2.05, 4.69) is 11.9 Å². The summed E-state index contributed by atoms with van der Waals surface area (Å²) < 4.78 is 33.7. The molecule has 0 aliphatic carbocycles. The number of para-hydroxylation sites is 2. The molecule has 0 aliphatic heterocycles. The molecule has 0 saturated heterocycles. The zero-order valence-electron chi connectivity index (χ0n) is 21.5. The van der Waals surface area contributed by atoms with Crippen molar-refractivity contribution in [1.82, 2.24) is 9.55 Å². The molecule has 1 heterocycles. The maximum absolute atomic E-state index is 13.2. The zero-order chi connectivity index (χ0) is 25.8. The fourth-order valence-corrected chi connectivity index (χ4v) is 5.13. The predicted octanol–water partition coefficient (Wildman–Crippen LogP) is 8.07. The van der Waals surface area contributed by atoms with Gasteiger partial charge in [0.2, 0.25) is 5.91 Å². The maximum Gasteiger partial charge on any atom is 0.294 e. The fraction of sp³-hybridized carbons (Fsp3) is 0.517. The smallest absolute Gasteiger partial charge is 0.282 e. The van der Waals surface area contributed by atoms with Crippen molar-refractivity contribution in [3.8, 4) is 11.4 Å². The van der Waals surface area contributed by atoms with Crippen molar-refractivity contribution in [3.05, 3.63) is 48.5 Å². The summed E-state index contributed by atoms with van der Waals surface area (Å²) in [5, 5.41) is 0. The van der Waals surface area contributed by atoms with Crippen LogP contribution in [-0.2, 0) is 10.1 Å². The lowest BCUT2D eigenvalue weighted by atomic mass is 10.0. The average Bonchev–Trinajstić information content (AvgIpc) is 3.26. The molecule has 0 spiro atoms. The fourth-order valence-electron chi connectivity index (χ4n) is 4.65. The zero-order valence-corrected chi connectivity index (χ0v) is 22.3. The number of aromatic nitrogens is 2. The van der Waals surface area contributed by atoms with Crippen molar-refractivity contribution < 1.29 is 17.8 Å². The third-order valence-electron chi connectivity index (χ3n) is 6.71. The molecule has 0 bridgehead atoms. The van der Waals surface area contributed by atoms with Gasteiger partial charge in [-0.15, -0.1) is 0 Å². The Hall–Kier alpha value is -2.51. The van der Waals surface area contributed by atoms with Crippen molar-refractivity contribution in [1.29, 1.82) is 0 Å². The third kappa shape index (κ3) is 8.27. The Kier molecular flexibility index (Phi) is 11.1. The SMILES string of the molecule is CCCCCCCCCCCCCCCC(=O)n1c(-c2ccc(S(=O)(=O)O)cc2)nc2ccccc21. The second-order valence-corrected chi connectivity index (χ2v) is 11.1. The molecule has 0 fully saturated rings. The number of benzene rings is 2. The van der Waals surface area contributed by atoms with Gasteiger partial charge in [0.1, 0.15) is 5.82 Å². The Morgan fingerprint density at radius 3 is 1.86 bits per heavy atom. The van der Waals surface area contributed by atoms with E-state index >= 15 is 0 Å². The summed E-state index contributed by atoms with van der Waals surface area (Å²) in [4.78, 5) is 17.7. The minimum absolute atomic E-state index is 0.0133. The van der Waals surface area contributed by atoms with E-state index in [-0.39, 0.29) is 10.8 Å². The lowest BCUT2D eigenvalue weighted by Crippen LogP contribution is -2.12. The van der Waals surface area contributed by atoms with Crippen LogP contribution in [0.15, 0.2) is 53.4 Å². The van der Waals surface area contributed by atoms with Gasteiger partial charge in [-0.25, -0.2) is 4.98 Å². The molecule has 0 radical (unpaired) electrons. The van der Waals surface area contributed by atoms with E-state index in [9.17, 15) is 17.8 Å². The number of unbranched alkanes of at least 4 members (excludes halogenated alkanes) is 12. The van der Waals surface area contributed by atoms with Crippen molar-refractivity contribution in [2.45, 2.75) is 102 Å². The largest absolute Gasteiger partial charge is 0.294 e.